The van der Waals surface area contributed by atoms with Crippen molar-refractivity contribution in [2.75, 3.05) is 25.6 Å². The average Bonchev–Trinajstić information content (AvgIpc) is 2.45. The minimum atomic E-state index is -0.459. The normalized spacial score (nSPS) is 9.26. The first kappa shape index (κ1) is 14.6. The highest BCUT2D eigenvalue weighted by Crippen LogP contribution is 2.10. The molecule has 0 aliphatic carbocycles. The fraction of sp³-hybridized carbons (Fsp3) is 0.286. The van der Waals surface area contributed by atoms with Crippen molar-refractivity contribution in [2.24, 2.45) is 0 Å². The van der Waals surface area contributed by atoms with Crippen LogP contribution in [0.3, 0.4) is 0 Å². The Morgan fingerprint density at radius 1 is 1.32 bits per heavy atom. The zero-order chi connectivity index (χ0) is 14.1. The Labute approximate surface area is 111 Å². The molecule has 0 spiro atoms. The molecule has 0 aliphatic heterocycles. The van der Waals surface area contributed by atoms with E-state index >= 15 is 0 Å². The molecule has 5 nitrogen and oxygen atoms in total. The van der Waals surface area contributed by atoms with Crippen molar-refractivity contribution in [2.45, 2.75) is 6.42 Å². The molecule has 0 amide bonds. The van der Waals surface area contributed by atoms with Crippen LogP contribution in [0.2, 0.25) is 0 Å². The van der Waals surface area contributed by atoms with Gasteiger partial charge in [-0.15, -0.1) is 6.42 Å². The summed E-state index contributed by atoms with van der Waals surface area (Å²) in [5, 5.41) is 3.03. The van der Waals surface area contributed by atoms with Gasteiger partial charge in [-0.1, -0.05) is 5.92 Å². The number of methoxy groups -OCH3 is 1. The number of nitrogens with one attached hydrogen (secondary N) is 1. The summed E-state index contributed by atoms with van der Waals surface area (Å²) in [4.78, 5) is 22.4. The lowest BCUT2D eigenvalue weighted by atomic mass is 10.2. The largest absolute Gasteiger partial charge is 0.469 e. The standard InChI is InChI=1S/C14H15NO4/c1-3-10-19-14(17)11-4-6-12(7-5-11)15-9-8-13(16)18-2/h1,4-7,15H,8-10H2,2H3. The smallest absolute Gasteiger partial charge is 0.339 e. The first-order valence-corrected chi connectivity index (χ1v) is 5.68. The first-order chi connectivity index (χ1) is 9.17. The molecule has 0 saturated carbocycles. The quantitative estimate of drug-likeness (QED) is 0.620. The third kappa shape index (κ3) is 5.13. The molecule has 1 N–H and O–H groups in total. The number of hydrogen-bond donors (Lipinski definition) is 1. The molecular formula is C14H15NO4. The average molecular weight is 261 g/mol. The Morgan fingerprint density at radius 3 is 2.58 bits per heavy atom. The summed E-state index contributed by atoms with van der Waals surface area (Å²) in [6.45, 7) is 0.422. The number of ether oxygens (including phenoxy) is 2. The van der Waals surface area contributed by atoms with Crippen molar-refractivity contribution >= 4 is 17.6 Å². The third-order valence-corrected chi connectivity index (χ3v) is 2.29. The van der Waals surface area contributed by atoms with Gasteiger partial charge in [0.25, 0.3) is 0 Å². The Morgan fingerprint density at radius 2 is 2.00 bits per heavy atom. The van der Waals surface area contributed by atoms with E-state index in [0.29, 0.717) is 12.1 Å². The summed E-state index contributed by atoms with van der Waals surface area (Å²) < 4.78 is 9.31. The van der Waals surface area contributed by atoms with Gasteiger partial charge < -0.3 is 14.8 Å². The second kappa shape index (κ2) is 7.77. The zero-order valence-electron chi connectivity index (χ0n) is 10.6. The molecule has 0 aliphatic rings. The highest BCUT2D eigenvalue weighted by atomic mass is 16.5. The monoisotopic (exact) mass is 261 g/mol. The molecule has 0 saturated heterocycles. The van der Waals surface area contributed by atoms with Gasteiger partial charge in [0.1, 0.15) is 0 Å². The molecule has 1 aromatic carbocycles. The van der Waals surface area contributed by atoms with Crippen LogP contribution in [0, 0.1) is 12.3 Å². The molecule has 0 heterocycles. The van der Waals surface area contributed by atoms with Gasteiger partial charge >= 0.3 is 11.9 Å². The molecule has 100 valence electrons. The van der Waals surface area contributed by atoms with Gasteiger partial charge in [0.2, 0.25) is 0 Å². The summed E-state index contributed by atoms with van der Waals surface area (Å²) in [6, 6.07) is 6.70. The molecule has 5 heteroatoms. The van der Waals surface area contributed by atoms with Gasteiger partial charge in [-0.05, 0) is 24.3 Å². The Kier molecular flexibility index (Phi) is 5.96. The Bertz CT molecular complexity index is 473. The van der Waals surface area contributed by atoms with E-state index < -0.39 is 5.97 Å². The van der Waals surface area contributed by atoms with Crippen molar-refractivity contribution in [1.29, 1.82) is 0 Å². The summed E-state index contributed by atoms with van der Waals surface area (Å²) in [6.07, 6.45) is 5.27. The van der Waals surface area contributed by atoms with Gasteiger partial charge in [0.15, 0.2) is 6.61 Å². The summed E-state index contributed by atoms with van der Waals surface area (Å²) in [5.74, 6) is 1.49. The maximum Gasteiger partial charge on any atom is 0.339 e. The van der Waals surface area contributed by atoms with Crippen LogP contribution in [0.5, 0.6) is 0 Å². The molecule has 0 aromatic heterocycles. The van der Waals surface area contributed by atoms with E-state index in [9.17, 15) is 9.59 Å². The molecule has 1 aromatic rings. The van der Waals surface area contributed by atoms with Crippen molar-refractivity contribution in [3.63, 3.8) is 0 Å². The highest BCUT2D eigenvalue weighted by molar-refractivity contribution is 5.89. The van der Waals surface area contributed by atoms with Crippen molar-refractivity contribution in [3.8, 4) is 12.3 Å². The topological polar surface area (TPSA) is 64.6 Å². The Balaban J connectivity index is 2.45. The molecule has 0 fully saturated rings. The van der Waals surface area contributed by atoms with Crippen LogP contribution in [0.25, 0.3) is 0 Å². The van der Waals surface area contributed by atoms with Gasteiger partial charge in [0, 0.05) is 12.2 Å². The van der Waals surface area contributed by atoms with Crippen LogP contribution in [0.15, 0.2) is 24.3 Å². The van der Waals surface area contributed by atoms with E-state index in [0.717, 1.165) is 5.69 Å². The van der Waals surface area contributed by atoms with E-state index in [-0.39, 0.29) is 19.0 Å². The minimum absolute atomic E-state index is 0.0437. The fourth-order valence-electron chi connectivity index (χ4n) is 1.33. The van der Waals surface area contributed by atoms with E-state index in [2.05, 4.69) is 16.0 Å². The zero-order valence-corrected chi connectivity index (χ0v) is 10.6. The minimum Gasteiger partial charge on any atom is -0.469 e. The lowest BCUT2D eigenvalue weighted by Gasteiger charge is -2.06. The SMILES string of the molecule is C#CCOC(=O)c1ccc(NCCC(=O)OC)cc1. The first-order valence-electron chi connectivity index (χ1n) is 5.68. The predicted octanol–water partition coefficient (Wildman–Crippen LogP) is 1.45. The van der Waals surface area contributed by atoms with E-state index in [4.69, 9.17) is 11.2 Å². The van der Waals surface area contributed by atoms with Gasteiger partial charge in [-0.25, -0.2) is 4.79 Å². The van der Waals surface area contributed by atoms with Crippen LogP contribution in [-0.2, 0) is 14.3 Å². The van der Waals surface area contributed by atoms with Crippen LogP contribution >= 0.6 is 0 Å². The number of carbonyl (C=O) groups excluding carboxylic acids is 2. The number of hydrogen-bond acceptors (Lipinski definition) is 5. The van der Waals surface area contributed by atoms with Crippen LogP contribution in [-0.4, -0.2) is 32.2 Å². The van der Waals surface area contributed by atoms with Gasteiger partial charge in [-0.2, -0.15) is 0 Å². The van der Waals surface area contributed by atoms with Crippen LogP contribution in [0.4, 0.5) is 5.69 Å². The molecule has 19 heavy (non-hydrogen) atoms. The highest BCUT2D eigenvalue weighted by Gasteiger charge is 2.06. The molecular weight excluding hydrogens is 246 g/mol. The summed E-state index contributed by atoms with van der Waals surface area (Å²) in [5.41, 5.74) is 1.23. The molecule has 0 atom stereocenters. The van der Waals surface area contributed by atoms with E-state index in [1.54, 1.807) is 24.3 Å². The predicted molar refractivity (Wildman–Crippen MR) is 70.7 cm³/mol. The van der Waals surface area contributed by atoms with Crippen molar-refractivity contribution in [3.05, 3.63) is 29.8 Å². The Hall–Kier alpha value is -2.48. The molecule has 0 radical (unpaired) electrons. The van der Waals surface area contributed by atoms with Gasteiger partial charge in [-0.3, -0.25) is 4.79 Å². The molecule has 1 rings (SSSR count). The number of terminal acetylenes is 1. The number of anilines is 1. The molecule has 0 bridgehead atoms. The lowest BCUT2D eigenvalue weighted by molar-refractivity contribution is -0.140. The second-order valence-corrected chi connectivity index (χ2v) is 3.61. The number of rotatable bonds is 6. The number of carbonyl (C=O) groups is 2. The molecule has 0 unspecified atom stereocenters. The lowest BCUT2D eigenvalue weighted by Crippen LogP contribution is -2.10. The van der Waals surface area contributed by atoms with E-state index in [1.807, 2.05) is 0 Å². The van der Waals surface area contributed by atoms with Crippen LogP contribution in [0.1, 0.15) is 16.8 Å². The van der Waals surface area contributed by atoms with Crippen LogP contribution < -0.4 is 5.32 Å². The second-order valence-electron chi connectivity index (χ2n) is 3.61. The number of benzene rings is 1. The maximum absolute atomic E-state index is 11.5. The van der Waals surface area contributed by atoms with Crippen molar-refractivity contribution in [1.82, 2.24) is 0 Å². The van der Waals surface area contributed by atoms with Gasteiger partial charge in [0.05, 0.1) is 19.1 Å². The summed E-state index contributed by atoms with van der Waals surface area (Å²) in [7, 11) is 1.35. The number of esters is 2. The fourth-order valence-corrected chi connectivity index (χ4v) is 1.33. The maximum atomic E-state index is 11.5. The van der Waals surface area contributed by atoms with E-state index in [1.165, 1.54) is 7.11 Å². The summed E-state index contributed by atoms with van der Waals surface area (Å²) >= 11 is 0. The third-order valence-electron chi connectivity index (χ3n) is 2.29. The van der Waals surface area contributed by atoms with Crippen molar-refractivity contribution < 1.29 is 19.1 Å².